The number of rotatable bonds is 7. The van der Waals surface area contributed by atoms with Crippen molar-refractivity contribution in [3.8, 4) is 0 Å². The van der Waals surface area contributed by atoms with E-state index in [1.807, 2.05) is 7.05 Å². The van der Waals surface area contributed by atoms with Gasteiger partial charge in [0.1, 0.15) is 0 Å². The zero-order valence-electron chi connectivity index (χ0n) is 10.3. The molecule has 0 bridgehead atoms. The van der Waals surface area contributed by atoms with Crippen molar-refractivity contribution in [2.24, 2.45) is 0 Å². The lowest BCUT2D eigenvalue weighted by atomic mass is 10.1. The Bertz CT molecular complexity index is 284. The van der Waals surface area contributed by atoms with Crippen molar-refractivity contribution in [2.45, 2.75) is 13.0 Å². The van der Waals surface area contributed by atoms with Gasteiger partial charge in [0.25, 0.3) is 0 Å². The number of likely N-dealkylation sites (N-methyl/N-ethyl adjacent to an activating group) is 1. The monoisotopic (exact) mass is 223 g/mol. The smallest absolute Gasteiger partial charge is 0.0701 e. The van der Waals surface area contributed by atoms with E-state index in [0.29, 0.717) is 19.8 Å². The molecule has 0 aliphatic carbocycles. The van der Waals surface area contributed by atoms with Crippen LogP contribution in [0.4, 0.5) is 0 Å². The maximum Gasteiger partial charge on any atom is 0.0701 e. The van der Waals surface area contributed by atoms with Crippen LogP contribution in [0.15, 0.2) is 24.3 Å². The lowest BCUT2D eigenvalue weighted by molar-refractivity contribution is 0.0596. The minimum absolute atomic E-state index is 0.248. The van der Waals surface area contributed by atoms with Crippen molar-refractivity contribution < 1.29 is 9.47 Å². The molecule has 1 atom stereocenters. The van der Waals surface area contributed by atoms with Crippen molar-refractivity contribution in [2.75, 3.05) is 34.0 Å². The van der Waals surface area contributed by atoms with Gasteiger partial charge in [0, 0.05) is 7.11 Å². The minimum atomic E-state index is 0.248. The molecule has 0 saturated heterocycles. The summed E-state index contributed by atoms with van der Waals surface area (Å²) in [6.07, 6.45) is 0. The molecule has 1 aromatic carbocycles. The molecule has 3 nitrogen and oxygen atoms in total. The molecule has 0 heterocycles. The third-order valence-electron chi connectivity index (χ3n) is 2.54. The molecule has 0 saturated carbocycles. The molecule has 0 radical (unpaired) electrons. The molecular formula is C13H21NO2. The predicted molar refractivity (Wildman–Crippen MR) is 65.7 cm³/mol. The van der Waals surface area contributed by atoms with Crippen molar-refractivity contribution in [1.82, 2.24) is 5.32 Å². The van der Waals surface area contributed by atoms with E-state index in [-0.39, 0.29) is 6.04 Å². The minimum Gasteiger partial charge on any atom is -0.382 e. The van der Waals surface area contributed by atoms with Crippen LogP contribution in [0, 0.1) is 6.92 Å². The highest BCUT2D eigenvalue weighted by atomic mass is 16.5. The third-order valence-corrected chi connectivity index (χ3v) is 2.54. The quantitative estimate of drug-likeness (QED) is 0.716. The molecule has 16 heavy (non-hydrogen) atoms. The van der Waals surface area contributed by atoms with Gasteiger partial charge in [-0.05, 0) is 19.5 Å². The maximum absolute atomic E-state index is 5.52. The van der Waals surface area contributed by atoms with Crippen LogP contribution < -0.4 is 5.32 Å². The summed E-state index contributed by atoms with van der Waals surface area (Å²) >= 11 is 0. The molecule has 0 fully saturated rings. The molecule has 90 valence electrons. The highest BCUT2D eigenvalue weighted by Crippen LogP contribution is 2.13. The summed E-state index contributed by atoms with van der Waals surface area (Å²) in [4.78, 5) is 0. The molecule has 0 aliphatic heterocycles. The standard InChI is InChI=1S/C13H21NO2/c1-11-4-6-12(7-5-11)13(14-2)10-16-9-8-15-3/h4-7,13-14H,8-10H2,1-3H3. The van der Waals surface area contributed by atoms with E-state index in [9.17, 15) is 0 Å². The molecular weight excluding hydrogens is 202 g/mol. The van der Waals surface area contributed by atoms with Gasteiger partial charge in [-0.2, -0.15) is 0 Å². The van der Waals surface area contributed by atoms with Crippen LogP contribution in [0.25, 0.3) is 0 Å². The van der Waals surface area contributed by atoms with Crippen LogP contribution in [-0.2, 0) is 9.47 Å². The molecule has 0 aromatic heterocycles. The average molecular weight is 223 g/mol. The molecule has 1 N–H and O–H groups in total. The first-order valence-corrected chi connectivity index (χ1v) is 5.58. The molecule has 1 aromatic rings. The van der Waals surface area contributed by atoms with Gasteiger partial charge < -0.3 is 14.8 Å². The molecule has 1 rings (SSSR count). The summed E-state index contributed by atoms with van der Waals surface area (Å²) in [6.45, 7) is 4.04. The largest absolute Gasteiger partial charge is 0.382 e. The van der Waals surface area contributed by atoms with Gasteiger partial charge in [0.05, 0.1) is 25.9 Å². The summed E-state index contributed by atoms with van der Waals surface area (Å²) in [5.74, 6) is 0. The SMILES string of the molecule is CNC(COCCOC)c1ccc(C)cc1. The van der Waals surface area contributed by atoms with Crippen LogP contribution in [-0.4, -0.2) is 34.0 Å². The molecule has 0 aliphatic rings. The fourth-order valence-electron chi connectivity index (χ4n) is 1.49. The number of methoxy groups -OCH3 is 1. The van der Waals surface area contributed by atoms with Crippen LogP contribution >= 0.6 is 0 Å². The summed E-state index contributed by atoms with van der Waals surface area (Å²) in [5, 5.41) is 3.25. The second-order valence-electron chi connectivity index (χ2n) is 3.82. The van der Waals surface area contributed by atoms with E-state index >= 15 is 0 Å². The van der Waals surface area contributed by atoms with Crippen LogP contribution in [0.1, 0.15) is 17.2 Å². The number of benzene rings is 1. The fourth-order valence-corrected chi connectivity index (χ4v) is 1.49. The first-order chi connectivity index (χ1) is 7.77. The van der Waals surface area contributed by atoms with Gasteiger partial charge in [-0.15, -0.1) is 0 Å². The highest BCUT2D eigenvalue weighted by Gasteiger charge is 2.08. The normalized spacial score (nSPS) is 12.7. The van der Waals surface area contributed by atoms with E-state index < -0.39 is 0 Å². The zero-order valence-corrected chi connectivity index (χ0v) is 10.3. The zero-order chi connectivity index (χ0) is 11.8. The predicted octanol–water partition coefficient (Wildman–Crippen LogP) is 1.92. The van der Waals surface area contributed by atoms with Crippen molar-refractivity contribution in [1.29, 1.82) is 0 Å². The Labute approximate surface area is 97.8 Å². The van der Waals surface area contributed by atoms with Gasteiger partial charge in [0.15, 0.2) is 0 Å². The van der Waals surface area contributed by atoms with E-state index in [4.69, 9.17) is 9.47 Å². The van der Waals surface area contributed by atoms with E-state index in [1.54, 1.807) is 7.11 Å². The number of ether oxygens (including phenoxy) is 2. The van der Waals surface area contributed by atoms with Gasteiger partial charge in [-0.3, -0.25) is 0 Å². The second-order valence-corrected chi connectivity index (χ2v) is 3.82. The molecule has 1 unspecified atom stereocenters. The van der Waals surface area contributed by atoms with Gasteiger partial charge in [-0.1, -0.05) is 29.8 Å². The lowest BCUT2D eigenvalue weighted by Crippen LogP contribution is -2.22. The van der Waals surface area contributed by atoms with Crippen LogP contribution in [0.5, 0.6) is 0 Å². The first-order valence-electron chi connectivity index (χ1n) is 5.58. The number of nitrogens with one attached hydrogen (secondary N) is 1. The number of hydrogen-bond donors (Lipinski definition) is 1. The summed E-state index contributed by atoms with van der Waals surface area (Å²) < 4.78 is 10.5. The maximum atomic E-state index is 5.52. The molecule has 3 heteroatoms. The molecule has 0 spiro atoms. The van der Waals surface area contributed by atoms with Crippen LogP contribution in [0.2, 0.25) is 0 Å². The van der Waals surface area contributed by atoms with E-state index in [0.717, 1.165) is 0 Å². The Morgan fingerprint density at radius 2 is 1.88 bits per heavy atom. The van der Waals surface area contributed by atoms with Gasteiger partial charge >= 0.3 is 0 Å². The first kappa shape index (κ1) is 13.2. The number of aryl methyl sites for hydroxylation is 1. The summed E-state index contributed by atoms with van der Waals surface area (Å²) in [7, 11) is 3.63. The molecule has 0 amide bonds. The van der Waals surface area contributed by atoms with Crippen molar-refractivity contribution in [3.05, 3.63) is 35.4 Å². The highest BCUT2D eigenvalue weighted by molar-refractivity contribution is 5.24. The van der Waals surface area contributed by atoms with Gasteiger partial charge in [0.2, 0.25) is 0 Å². The number of hydrogen-bond acceptors (Lipinski definition) is 3. The summed E-state index contributed by atoms with van der Waals surface area (Å²) in [6, 6.07) is 8.76. The Morgan fingerprint density at radius 3 is 2.44 bits per heavy atom. The van der Waals surface area contributed by atoms with Crippen molar-refractivity contribution in [3.63, 3.8) is 0 Å². The Hall–Kier alpha value is -0.900. The van der Waals surface area contributed by atoms with E-state index in [2.05, 4.69) is 36.5 Å². The van der Waals surface area contributed by atoms with E-state index in [1.165, 1.54) is 11.1 Å². The Morgan fingerprint density at radius 1 is 1.19 bits per heavy atom. The van der Waals surface area contributed by atoms with Crippen molar-refractivity contribution >= 4 is 0 Å². The Kier molecular flexibility index (Phi) is 6.08. The Balaban J connectivity index is 2.44. The van der Waals surface area contributed by atoms with Crippen LogP contribution in [0.3, 0.4) is 0 Å². The summed E-state index contributed by atoms with van der Waals surface area (Å²) in [5.41, 5.74) is 2.53. The lowest BCUT2D eigenvalue weighted by Gasteiger charge is -2.17. The fraction of sp³-hybridized carbons (Fsp3) is 0.538. The second kappa shape index (κ2) is 7.39. The topological polar surface area (TPSA) is 30.5 Å². The third kappa shape index (κ3) is 4.31. The average Bonchev–Trinajstić information content (AvgIpc) is 2.31. The van der Waals surface area contributed by atoms with Gasteiger partial charge in [-0.25, -0.2) is 0 Å².